The zero-order valence-electron chi connectivity index (χ0n) is 21.9. The van der Waals surface area contributed by atoms with Crippen molar-refractivity contribution in [3.63, 3.8) is 0 Å². The van der Waals surface area contributed by atoms with Crippen molar-refractivity contribution in [2.75, 3.05) is 0 Å². The van der Waals surface area contributed by atoms with Crippen molar-refractivity contribution in [1.82, 2.24) is 13.5 Å². The number of benzene rings is 5. The summed E-state index contributed by atoms with van der Waals surface area (Å²) < 4.78 is 5.35. The molecule has 0 bridgehead atoms. The third-order valence-corrected chi connectivity index (χ3v) is 7.85. The maximum Gasteiger partial charge on any atom is 0.279 e. The zero-order chi connectivity index (χ0) is 27.5. The van der Waals surface area contributed by atoms with Crippen molar-refractivity contribution < 1.29 is 0 Å². The molecule has 41 heavy (non-hydrogen) atoms. The minimum atomic E-state index is -0.168. The molecular formula is C36H23N3O2. The molecule has 0 aliphatic rings. The largest absolute Gasteiger partial charge is 0.296 e. The molecule has 0 N–H and O–H groups in total. The van der Waals surface area contributed by atoms with E-state index in [1.807, 2.05) is 95.4 Å². The van der Waals surface area contributed by atoms with Crippen LogP contribution in [-0.2, 0) is 0 Å². The average Bonchev–Trinajstić information content (AvgIpc) is 3.49. The second-order valence-electron chi connectivity index (χ2n) is 10.2. The molecule has 8 rings (SSSR count). The van der Waals surface area contributed by atoms with Gasteiger partial charge in [-0.05, 0) is 70.8 Å². The molecule has 0 fully saturated rings. The Morgan fingerprint density at radius 3 is 1.24 bits per heavy atom. The van der Waals surface area contributed by atoms with E-state index in [-0.39, 0.29) is 11.1 Å². The van der Waals surface area contributed by atoms with Gasteiger partial charge >= 0.3 is 0 Å². The third kappa shape index (κ3) is 3.49. The molecule has 0 aliphatic heterocycles. The summed E-state index contributed by atoms with van der Waals surface area (Å²) in [4.78, 5) is 28.0. The monoisotopic (exact) mass is 529 g/mol. The molecule has 0 radical (unpaired) electrons. The van der Waals surface area contributed by atoms with E-state index in [0.717, 1.165) is 50.2 Å². The van der Waals surface area contributed by atoms with Crippen molar-refractivity contribution >= 4 is 27.6 Å². The topological polar surface area (TPSA) is 48.4 Å². The van der Waals surface area contributed by atoms with Crippen LogP contribution in [0.2, 0.25) is 0 Å². The molecule has 0 unspecified atom stereocenters. The van der Waals surface area contributed by atoms with E-state index in [0.29, 0.717) is 11.0 Å². The van der Waals surface area contributed by atoms with E-state index in [1.165, 1.54) is 0 Å². The number of rotatable bonds is 4. The Hall–Kier alpha value is -5.68. The van der Waals surface area contributed by atoms with Crippen LogP contribution in [0.25, 0.3) is 61.2 Å². The number of aromatic nitrogens is 3. The van der Waals surface area contributed by atoms with Gasteiger partial charge in [-0.15, -0.1) is 0 Å². The molecule has 8 aromatic rings. The van der Waals surface area contributed by atoms with Gasteiger partial charge in [0.1, 0.15) is 11.0 Å². The van der Waals surface area contributed by atoms with Gasteiger partial charge in [0, 0.05) is 11.4 Å². The number of para-hydroxylation sites is 1. The molecule has 3 aromatic heterocycles. The lowest BCUT2D eigenvalue weighted by atomic mass is 10.0. The van der Waals surface area contributed by atoms with Crippen LogP contribution in [-0.4, -0.2) is 13.5 Å². The highest BCUT2D eigenvalue weighted by Crippen LogP contribution is 2.30. The number of hydrogen-bond donors (Lipinski definition) is 0. The summed E-state index contributed by atoms with van der Waals surface area (Å²) >= 11 is 0. The zero-order valence-corrected chi connectivity index (χ0v) is 21.9. The van der Waals surface area contributed by atoms with E-state index >= 15 is 0 Å². The van der Waals surface area contributed by atoms with Crippen molar-refractivity contribution in [2.24, 2.45) is 0 Å². The second kappa shape index (κ2) is 8.93. The highest BCUT2D eigenvalue weighted by Gasteiger charge is 2.21. The van der Waals surface area contributed by atoms with Crippen LogP contribution in [0, 0.1) is 0 Å². The van der Waals surface area contributed by atoms with Crippen LogP contribution >= 0.6 is 0 Å². The fourth-order valence-corrected chi connectivity index (χ4v) is 5.99. The molecule has 5 heteroatoms. The Bertz CT molecular complexity index is 2180. The van der Waals surface area contributed by atoms with Gasteiger partial charge in [-0.3, -0.25) is 23.1 Å². The maximum atomic E-state index is 14.0. The van der Waals surface area contributed by atoms with Crippen molar-refractivity contribution in [1.29, 1.82) is 0 Å². The van der Waals surface area contributed by atoms with Crippen LogP contribution in [0.4, 0.5) is 0 Å². The van der Waals surface area contributed by atoms with Gasteiger partial charge in [-0.2, -0.15) is 0 Å². The molecule has 194 valence electrons. The van der Waals surface area contributed by atoms with Gasteiger partial charge in [0.05, 0.1) is 16.6 Å². The van der Waals surface area contributed by atoms with Crippen molar-refractivity contribution in [3.8, 4) is 33.6 Å². The Morgan fingerprint density at radius 2 is 0.780 bits per heavy atom. The summed E-state index contributed by atoms with van der Waals surface area (Å²) in [5, 5.41) is 0. The summed E-state index contributed by atoms with van der Waals surface area (Å²) in [6.07, 6.45) is 0. The van der Waals surface area contributed by atoms with E-state index in [2.05, 4.69) is 36.4 Å². The summed E-state index contributed by atoms with van der Waals surface area (Å²) in [6, 6.07) is 45.6. The predicted octanol–water partition coefficient (Wildman–Crippen LogP) is 7.32. The highest BCUT2D eigenvalue weighted by molar-refractivity contribution is 5.97. The Morgan fingerprint density at radius 1 is 0.366 bits per heavy atom. The Kier molecular flexibility index (Phi) is 5.06. The predicted molar refractivity (Wildman–Crippen MR) is 166 cm³/mol. The van der Waals surface area contributed by atoms with Gasteiger partial charge in [-0.25, -0.2) is 0 Å². The quantitative estimate of drug-likeness (QED) is 0.240. The van der Waals surface area contributed by atoms with Gasteiger partial charge in [0.2, 0.25) is 0 Å². The summed E-state index contributed by atoms with van der Waals surface area (Å²) in [6.45, 7) is 0. The van der Waals surface area contributed by atoms with Crippen LogP contribution in [0.5, 0.6) is 0 Å². The van der Waals surface area contributed by atoms with Crippen LogP contribution in [0.15, 0.2) is 149 Å². The lowest BCUT2D eigenvalue weighted by Gasteiger charge is -2.19. The molecule has 0 saturated carbocycles. The van der Waals surface area contributed by atoms with Gasteiger partial charge in [-0.1, -0.05) is 91.0 Å². The molecule has 0 spiro atoms. The number of nitrogens with zero attached hydrogens (tertiary/aromatic N) is 3. The molecule has 0 saturated heterocycles. The third-order valence-electron chi connectivity index (χ3n) is 7.85. The van der Waals surface area contributed by atoms with Gasteiger partial charge < -0.3 is 0 Å². The summed E-state index contributed by atoms with van der Waals surface area (Å²) in [5.74, 6) is 0. The first-order valence-electron chi connectivity index (χ1n) is 13.5. The van der Waals surface area contributed by atoms with E-state index in [1.54, 1.807) is 21.3 Å². The first kappa shape index (κ1) is 23.2. The van der Waals surface area contributed by atoms with Gasteiger partial charge in [0.15, 0.2) is 0 Å². The fourth-order valence-electron chi connectivity index (χ4n) is 5.99. The highest BCUT2D eigenvalue weighted by atomic mass is 16.1. The molecule has 0 atom stereocenters. The smallest absolute Gasteiger partial charge is 0.279 e. The van der Waals surface area contributed by atoms with Crippen molar-refractivity contribution in [3.05, 3.63) is 160 Å². The molecule has 3 heterocycles. The summed E-state index contributed by atoms with van der Waals surface area (Å²) in [7, 11) is 0. The van der Waals surface area contributed by atoms with Gasteiger partial charge in [0.25, 0.3) is 11.1 Å². The Balaban J connectivity index is 1.44. The number of hydrogen-bond acceptors (Lipinski definition) is 2. The SMILES string of the molecule is O=c1c2ccc3c(=O)n(-c4cccc(-c5ccccc5)c4)c4cccc(c4n23)n1-c1cccc(-c2ccccc2)c1. The van der Waals surface area contributed by atoms with Crippen LogP contribution in [0.1, 0.15) is 0 Å². The average molecular weight is 530 g/mol. The first-order valence-corrected chi connectivity index (χ1v) is 13.5. The molecule has 0 aliphatic carbocycles. The minimum absolute atomic E-state index is 0.168. The molecule has 5 aromatic carbocycles. The first-order chi connectivity index (χ1) is 20.2. The molecular weight excluding hydrogens is 506 g/mol. The van der Waals surface area contributed by atoms with Crippen LogP contribution in [0.3, 0.4) is 0 Å². The van der Waals surface area contributed by atoms with E-state index in [4.69, 9.17) is 0 Å². The van der Waals surface area contributed by atoms with E-state index in [9.17, 15) is 9.59 Å². The lowest BCUT2D eigenvalue weighted by Crippen LogP contribution is -2.26. The second-order valence-corrected chi connectivity index (χ2v) is 10.2. The Labute approximate surface area is 234 Å². The maximum absolute atomic E-state index is 14.0. The fraction of sp³-hybridized carbons (Fsp3) is 0. The lowest BCUT2D eigenvalue weighted by molar-refractivity contribution is 0.996. The molecule has 5 nitrogen and oxygen atoms in total. The normalized spacial score (nSPS) is 11.6. The molecule has 0 amide bonds. The summed E-state index contributed by atoms with van der Waals surface area (Å²) in [5.41, 5.74) is 8.64. The van der Waals surface area contributed by atoms with Crippen molar-refractivity contribution in [2.45, 2.75) is 0 Å². The van der Waals surface area contributed by atoms with E-state index < -0.39 is 0 Å². The standard InChI is InChI=1S/C36H23N3O2/c40-35-32-20-21-33-36(41)38(29-17-8-15-27(23-29)25-12-5-2-6-13-25)31-19-9-18-30(34(31)39(32)33)37(35)28-16-7-14-26(22-28)24-10-3-1-4-11-24/h1-23H. The minimum Gasteiger partial charge on any atom is -0.296 e. The van der Waals surface area contributed by atoms with Crippen LogP contribution < -0.4 is 11.1 Å².